The van der Waals surface area contributed by atoms with Crippen LogP contribution in [-0.2, 0) is 16.0 Å². The number of carbonyl (C=O) groups excluding carboxylic acids is 2. The lowest BCUT2D eigenvalue weighted by Crippen LogP contribution is -2.36. The Morgan fingerprint density at radius 3 is 2.56 bits per heavy atom. The Kier molecular flexibility index (Phi) is 5.17. The van der Waals surface area contributed by atoms with Crippen LogP contribution in [-0.4, -0.2) is 37.4 Å². The molecule has 98 valence electrons. The summed E-state index contributed by atoms with van der Waals surface area (Å²) in [4.78, 5) is 24.2. The van der Waals surface area contributed by atoms with Crippen molar-refractivity contribution in [3.05, 3.63) is 29.8 Å². The molecule has 18 heavy (non-hydrogen) atoms. The summed E-state index contributed by atoms with van der Waals surface area (Å²) in [7, 11) is 3.30. The Morgan fingerprint density at radius 2 is 1.94 bits per heavy atom. The van der Waals surface area contributed by atoms with E-state index in [4.69, 9.17) is 5.73 Å². The molecule has 0 spiro atoms. The zero-order valence-electron chi connectivity index (χ0n) is 10.8. The van der Waals surface area contributed by atoms with Gasteiger partial charge in [-0.05, 0) is 18.1 Å². The van der Waals surface area contributed by atoms with Crippen molar-refractivity contribution >= 4 is 17.5 Å². The standard InChI is InChI=1S/C13H19N3O2/c1-16(2)13(18)9-15-12(17)8-7-10-5-3-4-6-11(10)14/h3-6H,7-9,14H2,1-2H3,(H,15,17). The largest absolute Gasteiger partial charge is 0.399 e. The van der Waals surface area contributed by atoms with Crippen LogP contribution in [0.25, 0.3) is 0 Å². The van der Waals surface area contributed by atoms with Crippen molar-refractivity contribution < 1.29 is 9.59 Å². The van der Waals surface area contributed by atoms with Crippen LogP contribution in [0.2, 0.25) is 0 Å². The molecule has 0 atom stereocenters. The van der Waals surface area contributed by atoms with Gasteiger partial charge in [0.25, 0.3) is 0 Å². The quantitative estimate of drug-likeness (QED) is 0.742. The maximum absolute atomic E-state index is 11.5. The van der Waals surface area contributed by atoms with Crippen molar-refractivity contribution in [2.24, 2.45) is 0 Å². The molecule has 0 aliphatic heterocycles. The summed E-state index contributed by atoms with van der Waals surface area (Å²) in [6, 6.07) is 7.45. The van der Waals surface area contributed by atoms with E-state index in [9.17, 15) is 9.59 Å². The second kappa shape index (κ2) is 6.64. The minimum absolute atomic E-state index is 0.0378. The molecule has 1 rings (SSSR count). The zero-order chi connectivity index (χ0) is 13.5. The number of anilines is 1. The van der Waals surface area contributed by atoms with Gasteiger partial charge < -0.3 is 16.0 Å². The van der Waals surface area contributed by atoms with E-state index >= 15 is 0 Å². The Hall–Kier alpha value is -2.04. The third kappa shape index (κ3) is 4.45. The third-order valence-electron chi connectivity index (χ3n) is 2.61. The third-order valence-corrected chi connectivity index (χ3v) is 2.61. The SMILES string of the molecule is CN(C)C(=O)CNC(=O)CCc1ccccc1N. The topological polar surface area (TPSA) is 75.4 Å². The van der Waals surface area contributed by atoms with Gasteiger partial charge in [0, 0.05) is 26.2 Å². The number of nitrogens with one attached hydrogen (secondary N) is 1. The Balaban J connectivity index is 2.34. The number of likely N-dealkylation sites (N-methyl/N-ethyl adjacent to an activating group) is 1. The summed E-state index contributed by atoms with van der Waals surface area (Å²) in [5.74, 6) is -0.268. The fourth-order valence-corrected chi connectivity index (χ4v) is 1.43. The fourth-order valence-electron chi connectivity index (χ4n) is 1.43. The first-order valence-corrected chi connectivity index (χ1v) is 5.81. The van der Waals surface area contributed by atoms with Gasteiger partial charge in [0.2, 0.25) is 11.8 Å². The van der Waals surface area contributed by atoms with E-state index in [-0.39, 0.29) is 18.4 Å². The van der Waals surface area contributed by atoms with Crippen molar-refractivity contribution in [2.75, 3.05) is 26.4 Å². The van der Waals surface area contributed by atoms with Crippen LogP contribution in [0.3, 0.4) is 0 Å². The molecule has 0 aliphatic carbocycles. The minimum atomic E-state index is -0.145. The van der Waals surface area contributed by atoms with Crippen LogP contribution >= 0.6 is 0 Å². The lowest BCUT2D eigenvalue weighted by molar-refractivity contribution is -0.130. The average Bonchev–Trinajstić information content (AvgIpc) is 2.34. The molecule has 0 radical (unpaired) electrons. The second-order valence-electron chi connectivity index (χ2n) is 4.26. The summed E-state index contributed by atoms with van der Waals surface area (Å²) in [6.45, 7) is 0.0378. The molecule has 0 saturated carbocycles. The fraction of sp³-hybridized carbons (Fsp3) is 0.385. The monoisotopic (exact) mass is 249 g/mol. The number of nitrogen functional groups attached to an aromatic ring is 1. The number of benzene rings is 1. The number of nitrogens with zero attached hydrogens (tertiary/aromatic N) is 1. The molecule has 0 unspecified atom stereocenters. The predicted molar refractivity (Wildman–Crippen MR) is 70.9 cm³/mol. The van der Waals surface area contributed by atoms with Gasteiger partial charge in [-0.1, -0.05) is 18.2 Å². The van der Waals surface area contributed by atoms with E-state index in [1.54, 1.807) is 14.1 Å². The smallest absolute Gasteiger partial charge is 0.241 e. The summed E-state index contributed by atoms with van der Waals surface area (Å²) in [6.07, 6.45) is 0.906. The zero-order valence-corrected chi connectivity index (χ0v) is 10.8. The Morgan fingerprint density at radius 1 is 1.28 bits per heavy atom. The van der Waals surface area contributed by atoms with Crippen LogP contribution < -0.4 is 11.1 Å². The van der Waals surface area contributed by atoms with Gasteiger partial charge in [-0.15, -0.1) is 0 Å². The molecule has 0 fully saturated rings. The van der Waals surface area contributed by atoms with Gasteiger partial charge in [-0.25, -0.2) is 0 Å². The normalized spacial score (nSPS) is 9.89. The highest BCUT2D eigenvalue weighted by Gasteiger charge is 2.07. The van der Waals surface area contributed by atoms with E-state index < -0.39 is 0 Å². The predicted octanol–water partition coefficient (Wildman–Crippen LogP) is 0.406. The van der Waals surface area contributed by atoms with Crippen molar-refractivity contribution in [3.63, 3.8) is 0 Å². The molecule has 0 saturated heterocycles. The van der Waals surface area contributed by atoms with E-state index in [2.05, 4.69) is 5.32 Å². The number of carbonyl (C=O) groups is 2. The summed E-state index contributed by atoms with van der Waals surface area (Å²) in [5.41, 5.74) is 7.42. The molecule has 1 aromatic rings. The lowest BCUT2D eigenvalue weighted by atomic mass is 10.1. The number of hydrogen-bond acceptors (Lipinski definition) is 3. The number of para-hydroxylation sites is 1. The van der Waals surface area contributed by atoms with Crippen LogP contribution in [0.1, 0.15) is 12.0 Å². The van der Waals surface area contributed by atoms with Crippen molar-refractivity contribution in [1.29, 1.82) is 0 Å². The van der Waals surface area contributed by atoms with Gasteiger partial charge in [-0.2, -0.15) is 0 Å². The van der Waals surface area contributed by atoms with E-state index in [1.807, 2.05) is 24.3 Å². The highest BCUT2D eigenvalue weighted by Crippen LogP contribution is 2.12. The molecule has 2 amide bonds. The van der Waals surface area contributed by atoms with E-state index in [1.165, 1.54) is 4.90 Å². The number of rotatable bonds is 5. The molecule has 0 aliphatic rings. The Labute approximate surface area is 107 Å². The number of amides is 2. The first kappa shape index (κ1) is 14.0. The summed E-state index contributed by atoms with van der Waals surface area (Å²) in [5, 5.41) is 2.58. The van der Waals surface area contributed by atoms with Gasteiger partial charge in [0.15, 0.2) is 0 Å². The molecule has 0 heterocycles. The number of hydrogen-bond donors (Lipinski definition) is 2. The first-order chi connectivity index (χ1) is 8.50. The molecule has 0 aromatic heterocycles. The summed E-state index contributed by atoms with van der Waals surface area (Å²) < 4.78 is 0. The maximum Gasteiger partial charge on any atom is 0.241 e. The van der Waals surface area contributed by atoms with Gasteiger partial charge in [0.1, 0.15) is 0 Å². The average molecular weight is 249 g/mol. The molecular formula is C13H19N3O2. The van der Waals surface area contributed by atoms with Crippen LogP contribution in [0.15, 0.2) is 24.3 Å². The maximum atomic E-state index is 11.5. The molecule has 3 N–H and O–H groups in total. The minimum Gasteiger partial charge on any atom is -0.399 e. The van der Waals surface area contributed by atoms with Crippen LogP contribution in [0.5, 0.6) is 0 Å². The number of aryl methyl sites for hydroxylation is 1. The summed E-state index contributed by atoms with van der Waals surface area (Å²) >= 11 is 0. The molecular weight excluding hydrogens is 230 g/mol. The van der Waals surface area contributed by atoms with Gasteiger partial charge >= 0.3 is 0 Å². The molecule has 0 bridgehead atoms. The Bertz CT molecular complexity index is 430. The van der Waals surface area contributed by atoms with Crippen LogP contribution in [0.4, 0.5) is 5.69 Å². The van der Waals surface area contributed by atoms with E-state index in [0.717, 1.165) is 5.56 Å². The number of nitrogens with two attached hydrogens (primary N) is 1. The molecule has 5 heteroatoms. The van der Waals surface area contributed by atoms with Crippen molar-refractivity contribution in [3.8, 4) is 0 Å². The van der Waals surface area contributed by atoms with Crippen LogP contribution in [0, 0.1) is 0 Å². The first-order valence-electron chi connectivity index (χ1n) is 5.81. The highest BCUT2D eigenvalue weighted by molar-refractivity contribution is 5.84. The lowest BCUT2D eigenvalue weighted by Gasteiger charge is -2.11. The van der Waals surface area contributed by atoms with Gasteiger partial charge in [-0.3, -0.25) is 9.59 Å². The molecule has 1 aromatic carbocycles. The highest BCUT2D eigenvalue weighted by atomic mass is 16.2. The van der Waals surface area contributed by atoms with Crippen molar-refractivity contribution in [1.82, 2.24) is 10.2 Å². The van der Waals surface area contributed by atoms with Gasteiger partial charge in [0.05, 0.1) is 6.54 Å². The van der Waals surface area contributed by atoms with E-state index in [0.29, 0.717) is 18.5 Å². The van der Waals surface area contributed by atoms with Crippen molar-refractivity contribution in [2.45, 2.75) is 12.8 Å². The molecule has 5 nitrogen and oxygen atoms in total. The second-order valence-corrected chi connectivity index (χ2v) is 4.26.